The molecule has 1 unspecified atom stereocenters. The van der Waals surface area contributed by atoms with Gasteiger partial charge >= 0.3 is 12.4 Å². The van der Waals surface area contributed by atoms with E-state index < -0.39 is 34.6 Å². The van der Waals surface area contributed by atoms with Gasteiger partial charge in [0.25, 0.3) is 0 Å². The van der Waals surface area contributed by atoms with E-state index in [1.54, 1.807) is 30.3 Å². The minimum Gasteiger partial charge on any atom is -0.326 e. The van der Waals surface area contributed by atoms with Crippen molar-refractivity contribution >= 4 is 44.4 Å². The van der Waals surface area contributed by atoms with Crippen LogP contribution in [0.15, 0.2) is 63.5 Å². The number of hydrogen-bond acceptors (Lipinski definition) is 3. The van der Waals surface area contributed by atoms with Gasteiger partial charge in [-0.05, 0) is 46.0 Å². The first kappa shape index (κ1) is 23.1. The zero-order valence-electron chi connectivity index (χ0n) is 16.2. The van der Waals surface area contributed by atoms with Crippen molar-refractivity contribution in [1.29, 1.82) is 0 Å². The SMILES string of the molecule is NCc1ccc(C2=NSC(c3ccc(Br)c(C(F)(F)F)c3)(C(F)(F)F)C2)c2ccccc12. The molecule has 1 aliphatic rings. The number of alkyl halides is 6. The molecule has 1 heterocycles. The molecule has 1 aliphatic heterocycles. The topological polar surface area (TPSA) is 38.4 Å². The second-order valence-corrected chi connectivity index (χ2v) is 9.26. The average molecular weight is 533 g/mol. The first-order chi connectivity index (χ1) is 15.0. The fourth-order valence-electron chi connectivity index (χ4n) is 3.83. The Kier molecular flexibility index (Phi) is 5.83. The van der Waals surface area contributed by atoms with Crippen LogP contribution < -0.4 is 5.73 Å². The van der Waals surface area contributed by atoms with Crippen LogP contribution in [0, 0.1) is 0 Å². The van der Waals surface area contributed by atoms with Gasteiger partial charge in [-0.2, -0.15) is 26.3 Å². The van der Waals surface area contributed by atoms with Crippen LogP contribution in [0.1, 0.15) is 28.7 Å². The number of nitrogens with two attached hydrogens (primary N) is 1. The molecule has 0 bridgehead atoms. The van der Waals surface area contributed by atoms with Crippen LogP contribution in [-0.2, 0) is 17.5 Å². The van der Waals surface area contributed by atoms with Crippen molar-refractivity contribution in [2.24, 2.45) is 10.1 Å². The highest BCUT2D eigenvalue weighted by atomic mass is 79.9. The summed E-state index contributed by atoms with van der Waals surface area (Å²) in [5.74, 6) is 0. The lowest BCUT2D eigenvalue weighted by Gasteiger charge is -2.31. The largest absolute Gasteiger partial charge is 0.417 e. The van der Waals surface area contributed by atoms with E-state index in [0.29, 0.717) is 17.0 Å². The van der Waals surface area contributed by atoms with E-state index in [0.717, 1.165) is 23.1 Å². The number of halogens is 7. The molecular weight excluding hydrogens is 518 g/mol. The zero-order chi connectivity index (χ0) is 23.3. The molecule has 32 heavy (non-hydrogen) atoms. The van der Waals surface area contributed by atoms with Crippen molar-refractivity contribution in [2.75, 3.05) is 0 Å². The van der Waals surface area contributed by atoms with Crippen molar-refractivity contribution in [1.82, 2.24) is 0 Å². The molecule has 3 aromatic carbocycles. The van der Waals surface area contributed by atoms with E-state index in [9.17, 15) is 26.3 Å². The summed E-state index contributed by atoms with van der Waals surface area (Å²) in [5.41, 5.74) is 5.63. The predicted octanol–water partition coefficient (Wildman–Crippen LogP) is 7.38. The minimum absolute atomic E-state index is 0.170. The minimum atomic E-state index is -4.84. The van der Waals surface area contributed by atoms with Crippen molar-refractivity contribution in [3.8, 4) is 0 Å². The quantitative estimate of drug-likeness (QED) is 0.282. The van der Waals surface area contributed by atoms with Crippen molar-refractivity contribution in [3.63, 3.8) is 0 Å². The van der Waals surface area contributed by atoms with Crippen LogP contribution in [0.2, 0.25) is 0 Å². The van der Waals surface area contributed by atoms with Crippen LogP contribution in [-0.4, -0.2) is 11.9 Å². The average Bonchev–Trinajstić information content (AvgIpc) is 3.19. The Morgan fingerprint density at radius 2 is 1.66 bits per heavy atom. The Morgan fingerprint density at radius 1 is 0.969 bits per heavy atom. The third kappa shape index (κ3) is 3.82. The molecule has 4 rings (SSSR count). The summed E-state index contributed by atoms with van der Waals surface area (Å²) >= 11 is 3.04. The molecule has 10 heteroatoms. The molecule has 0 spiro atoms. The lowest BCUT2D eigenvalue weighted by atomic mass is 9.87. The molecule has 168 valence electrons. The Balaban J connectivity index is 1.83. The van der Waals surface area contributed by atoms with E-state index >= 15 is 0 Å². The number of hydrogen-bond donors (Lipinski definition) is 1. The summed E-state index contributed by atoms with van der Waals surface area (Å²) in [6.45, 7) is 0.258. The molecule has 0 aromatic heterocycles. The third-order valence-electron chi connectivity index (χ3n) is 5.47. The zero-order valence-corrected chi connectivity index (χ0v) is 18.6. The van der Waals surface area contributed by atoms with Crippen LogP contribution in [0.3, 0.4) is 0 Å². The van der Waals surface area contributed by atoms with Crippen LogP contribution in [0.5, 0.6) is 0 Å². The second kappa shape index (κ2) is 8.07. The number of benzene rings is 3. The van der Waals surface area contributed by atoms with E-state index in [-0.39, 0.29) is 28.7 Å². The van der Waals surface area contributed by atoms with Crippen molar-refractivity contribution < 1.29 is 26.3 Å². The molecule has 2 N–H and O–H groups in total. The van der Waals surface area contributed by atoms with E-state index in [1.165, 1.54) is 0 Å². The standard InChI is InChI=1S/C22H15BrF6N2S/c23-18-8-6-13(9-17(18)21(24,25)26)20(22(27,28)29)10-19(31-32-20)16-7-5-12(11-30)14-3-1-2-4-15(14)16/h1-9H,10-11,30H2. The fraction of sp³-hybridized carbons (Fsp3) is 0.227. The highest BCUT2D eigenvalue weighted by molar-refractivity contribution is 9.10. The maximum Gasteiger partial charge on any atom is 0.417 e. The first-order valence-electron chi connectivity index (χ1n) is 9.38. The second-order valence-electron chi connectivity index (χ2n) is 7.35. The van der Waals surface area contributed by atoms with Gasteiger partial charge in [0, 0.05) is 23.0 Å². The van der Waals surface area contributed by atoms with Gasteiger partial charge in [-0.25, -0.2) is 4.40 Å². The highest BCUT2D eigenvalue weighted by Crippen LogP contribution is 2.57. The van der Waals surface area contributed by atoms with Gasteiger partial charge in [-0.15, -0.1) is 0 Å². The molecule has 0 amide bonds. The molecule has 0 radical (unpaired) electrons. The van der Waals surface area contributed by atoms with Gasteiger partial charge in [-0.3, -0.25) is 0 Å². The van der Waals surface area contributed by atoms with E-state index in [2.05, 4.69) is 20.3 Å². The lowest BCUT2D eigenvalue weighted by molar-refractivity contribution is -0.160. The van der Waals surface area contributed by atoms with Crippen LogP contribution in [0.4, 0.5) is 26.3 Å². The van der Waals surface area contributed by atoms with Crippen molar-refractivity contribution in [2.45, 2.75) is 30.1 Å². The maximum atomic E-state index is 14.3. The Labute approximate surface area is 192 Å². The first-order valence-corrected chi connectivity index (χ1v) is 10.9. The summed E-state index contributed by atoms with van der Waals surface area (Å²) in [5, 5.41) is 1.49. The van der Waals surface area contributed by atoms with Gasteiger partial charge in [0.15, 0.2) is 4.75 Å². The van der Waals surface area contributed by atoms with Crippen molar-refractivity contribution in [3.05, 3.63) is 81.3 Å². The lowest BCUT2D eigenvalue weighted by Crippen LogP contribution is -2.39. The molecule has 0 aliphatic carbocycles. The van der Waals surface area contributed by atoms with Gasteiger partial charge < -0.3 is 5.73 Å². The van der Waals surface area contributed by atoms with Gasteiger partial charge in [0.2, 0.25) is 0 Å². The van der Waals surface area contributed by atoms with E-state index in [1.807, 2.05) is 6.07 Å². The summed E-state index contributed by atoms with van der Waals surface area (Å²) in [7, 11) is 0. The Bertz CT molecular complexity index is 1220. The summed E-state index contributed by atoms with van der Waals surface area (Å²) < 4.78 is 84.3. The Morgan fingerprint density at radius 3 is 2.28 bits per heavy atom. The summed E-state index contributed by atoms with van der Waals surface area (Å²) in [6, 6.07) is 13.2. The molecule has 1 atom stereocenters. The number of nitrogens with zero attached hydrogens (tertiary/aromatic N) is 1. The summed E-state index contributed by atoms with van der Waals surface area (Å²) in [4.78, 5) is 0. The van der Waals surface area contributed by atoms with Crippen LogP contribution in [0.25, 0.3) is 10.8 Å². The maximum absolute atomic E-state index is 14.3. The third-order valence-corrected chi connectivity index (χ3v) is 7.40. The monoisotopic (exact) mass is 532 g/mol. The molecule has 0 saturated heterocycles. The van der Waals surface area contributed by atoms with Crippen LogP contribution >= 0.6 is 27.9 Å². The van der Waals surface area contributed by atoms with Gasteiger partial charge in [-0.1, -0.05) is 58.4 Å². The smallest absolute Gasteiger partial charge is 0.326 e. The molecule has 0 saturated carbocycles. The fourth-order valence-corrected chi connectivity index (χ4v) is 5.27. The molecule has 0 fully saturated rings. The predicted molar refractivity (Wildman–Crippen MR) is 117 cm³/mol. The highest BCUT2D eigenvalue weighted by Gasteiger charge is 2.60. The molecule has 3 aromatic rings. The molecule has 2 nitrogen and oxygen atoms in total. The van der Waals surface area contributed by atoms with Gasteiger partial charge in [0.1, 0.15) is 0 Å². The Hall–Kier alpha value is -2.04. The normalized spacial score (nSPS) is 19.4. The van der Waals surface area contributed by atoms with Gasteiger partial charge in [0.05, 0.1) is 11.3 Å². The number of fused-ring (bicyclic) bond motifs is 1. The number of rotatable bonds is 3. The molecular formula is C22H15BrF6N2S. The van der Waals surface area contributed by atoms with E-state index in [4.69, 9.17) is 5.73 Å². The summed E-state index contributed by atoms with van der Waals surface area (Å²) in [6.07, 6.45) is -10.2.